The van der Waals surface area contributed by atoms with Gasteiger partial charge in [0.15, 0.2) is 0 Å². The van der Waals surface area contributed by atoms with Crippen LogP contribution in [0.15, 0.2) is 30.3 Å². The summed E-state index contributed by atoms with van der Waals surface area (Å²) in [4.78, 5) is 33.3. The summed E-state index contributed by atoms with van der Waals surface area (Å²) in [5.74, 6) is 0.0935. The van der Waals surface area contributed by atoms with E-state index < -0.39 is 11.8 Å². The molecule has 0 radical (unpaired) electrons. The van der Waals surface area contributed by atoms with E-state index in [1.54, 1.807) is 6.07 Å². The molecule has 0 N–H and O–H groups in total. The van der Waals surface area contributed by atoms with Crippen LogP contribution in [0.3, 0.4) is 0 Å². The first-order chi connectivity index (χ1) is 14.1. The summed E-state index contributed by atoms with van der Waals surface area (Å²) in [5, 5.41) is 2.52. The Labute approximate surface area is 177 Å². The third-order valence-corrected chi connectivity index (χ3v) is 5.47. The molecule has 0 aromatic heterocycles. The maximum absolute atomic E-state index is 13.7. The van der Waals surface area contributed by atoms with Gasteiger partial charge in [-0.3, -0.25) is 9.59 Å². The normalized spacial score (nSPS) is 17.6. The minimum Gasteiger partial charge on any atom is -0.462 e. The molecule has 3 bridgehead atoms. The molecule has 6 nitrogen and oxygen atoms in total. The Hall–Kier alpha value is -2.86. The van der Waals surface area contributed by atoms with Gasteiger partial charge in [0.1, 0.15) is 5.75 Å². The number of hydrogen-bond acceptors (Lipinski definition) is 4. The van der Waals surface area contributed by atoms with Crippen LogP contribution in [0.4, 0.5) is 0 Å². The van der Waals surface area contributed by atoms with E-state index in [2.05, 4.69) is 0 Å². The van der Waals surface area contributed by atoms with Gasteiger partial charge < -0.3 is 4.74 Å². The number of hydrazine groups is 1. The lowest BCUT2D eigenvalue weighted by Gasteiger charge is -2.42. The predicted octanol–water partition coefficient (Wildman–Crippen LogP) is 4.37. The summed E-state index contributed by atoms with van der Waals surface area (Å²) in [6.07, 6.45) is 0.599. The van der Waals surface area contributed by atoms with Crippen molar-refractivity contribution < 1.29 is 19.2 Å². The van der Waals surface area contributed by atoms with Crippen LogP contribution in [0.2, 0.25) is 0 Å². The number of nitrogens with zero attached hydrogens (tertiary/aromatic N) is 2. The molecule has 2 aromatic carbocycles. The molecule has 30 heavy (non-hydrogen) atoms. The third kappa shape index (κ3) is 3.35. The zero-order valence-corrected chi connectivity index (χ0v) is 18.4. The molecule has 2 aliphatic rings. The zero-order chi connectivity index (χ0) is 21.8. The average Bonchev–Trinajstić information content (AvgIpc) is 3.08. The van der Waals surface area contributed by atoms with E-state index in [0.717, 1.165) is 33.2 Å². The number of aryl methyl sites for hydroxylation is 2. The highest BCUT2D eigenvalue weighted by Crippen LogP contribution is 2.38. The van der Waals surface area contributed by atoms with Gasteiger partial charge in [-0.15, -0.1) is 5.17 Å². The lowest BCUT2D eigenvalue weighted by atomic mass is 9.96. The number of amides is 2. The quantitative estimate of drug-likeness (QED) is 0.757. The summed E-state index contributed by atoms with van der Waals surface area (Å²) >= 11 is 0. The lowest BCUT2D eigenvalue weighted by Crippen LogP contribution is -2.59. The van der Waals surface area contributed by atoms with Crippen LogP contribution in [-0.4, -0.2) is 33.8 Å². The van der Waals surface area contributed by atoms with Gasteiger partial charge in [-0.1, -0.05) is 24.1 Å². The minimum absolute atomic E-state index is 0.296. The SMILES string of the molecule is CCc1c2ccc3c1CC(O3)ON(N(C(=O)c1cc(C)cc(C)c1)C(C)(C)C)C2=O. The van der Waals surface area contributed by atoms with Gasteiger partial charge in [-0.25, -0.2) is 9.85 Å². The van der Waals surface area contributed by atoms with Gasteiger partial charge in [-0.2, -0.15) is 0 Å². The number of rotatable bonds is 3. The van der Waals surface area contributed by atoms with Gasteiger partial charge in [0, 0.05) is 23.1 Å². The second kappa shape index (κ2) is 7.13. The fraction of sp³-hybridized carbons (Fsp3) is 0.417. The van der Waals surface area contributed by atoms with Crippen LogP contribution in [0.1, 0.15) is 70.7 Å². The number of ether oxygens (including phenoxy) is 1. The molecule has 1 atom stereocenters. The number of fused-ring (bicyclic) bond motifs is 2. The van der Waals surface area contributed by atoms with E-state index in [1.165, 1.54) is 5.01 Å². The number of benzene rings is 2. The highest BCUT2D eigenvalue weighted by atomic mass is 16.8. The van der Waals surface area contributed by atoms with Crippen molar-refractivity contribution in [2.45, 2.75) is 66.2 Å². The first-order valence-corrected chi connectivity index (χ1v) is 10.4. The Morgan fingerprint density at radius 1 is 1.17 bits per heavy atom. The summed E-state index contributed by atoms with van der Waals surface area (Å²) in [6.45, 7) is 11.6. The van der Waals surface area contributed by atoms with Gasteiger partial charge in [0.25, 0.3) is 11.8 Å². The van der Waals surface area contributed by atoms with Crippen LogP contribution in [0.5, 0.6) is 5.75 Å². The van der Waals surface area contributed by atoms with E-state index in [0.29, 0.717) is 24.0 Å². The maximum atomic E-state index is 13.7. The van der Waals surface area contributed by atoms with Gasteiger partial charge in [0.05, 0.1) is 5.54 Å². The molecule has 2 amide bonds. The third-order valence-electron chi connectivity index (χ3n) is 5.47. The standard InChI is InChI=1S/C24H28N2O4/c1-7-17-18-8-9-20-19(17)13-21(29-20)30-26(23(18)28)25(24(4,5)6)22(27)16-11-14(2)10-15(3)12-16/h8-12,21H,7,13H2,1-6H3. The second-order valence-electron chi connectivity index (χ2n) is 9.02. The van der Waals surface area contributed by atoms with Crippen molar-refractivity contribution in [2.24, 2.45) is 0 Å². The van der Waals surface area contributed by atoms with Crippen LogP contribution < -0.4 is 4.74 Å². The van der Waals surface area contributed by atoms with Crippen LogP contribution in [-0.2, 0) is 17.7 Å². The number of carbonyl (C=O) groups is 2. The van der Waals surface area contributed by atoms with Crippen molar-refractivity contribution >= 4 is 11.8 Å². The highest BCUT2D eigenvalue weighted by molar-refractivity contribution is 6.00. The average molecular weight is 408 g/mol. The molecule has 0 saturated heterocycles. The molecule has 4 rings (SSSR count). The molecule has 6 heteroatoms. The Kier molecular flexibility index (Phi) is 4.85. The first-order valence-electron chi connectivity index (χ1n) is 10.4. The molecule has 0 spiro atoms. The van der Waals surface area contributed by atoms with E-state index in [4.69, 9.17) is 9.57 Å². The second-order valence-corrected chi connectivity index (χ2v) is 9.02. The smallest absolute Gasteiger partial charge is 0.298 e. The Morgan fingerprint density at radius 3 is 2.43 bits per heavy atom. The molecule has 158 valence electrons. The summed E-state index contributed by atoms with van der Waals surface area (Å²) in [7, 11) is 0. The fourth-order valence-corrected chi connectivity index (χ4v) is 4.30. The minimum atomic E-state index is -0.712. The van der Waals surface area contributed by atoms with Crippen molar-refractivity contribution in [2.75, 3.05) is 0 Å². The molecule has 0 saturated carbocycles. The van der Waals surface area contributed by atoms with Crippen LogP contribution in [0.25, 0.3) is 0 Å². The first kappa shape index (κ1) is 20.4. The summed E-state index contributed by atoms with van der Waals surface area (Å²) in [6, 6.07) is 9.27. The van der Waals surface area contributed by atoms with Crippen molar-refractivity contribution in [3.8, 4) is 5.75 Å². The van der Waals surface area contributed by atoms with Crippen LogP contribution >= 0.6 is 0 Å². The van der Waals surface area contributed by atoms with Gasteiger partial charge >= 0.3 is 0 Å². The molecule has 0 aliphatic carbocycles. The predicted molar refractivity (Wildman–Crippen MR) is 113 cm³/mol. The molecule has 2 aromatic rings. The van der Waals surface area contributed by atoms with E-state index in [-0.39, 0.29) is 11.8 Å². The molecular weight excluding hydrogens is 380 g/mol. The monoisotopic (exact) mass is 408 g/mol. The summed E-state index contributed by atoms with van der Waals surface area (Å²) in [5.41, 5.74) is 4.30. The number of hydroxylamine groups is 1. The van der Waals surface area contributed by atoms with Crippen molar-refractivity contribution in [3.63, 3.8) is 0 Å². The van der Waals surface area contributed by atoms with Gasteiger partial charge in [-0.05, 0) is 70.9 Å². The Morgan fingerprint density at radius 2 is 1.83 bits per heavy atom. The lowest BCUT2D eigenvalue weighted by molar-refractivity contribution is -0.303. The molecule has 0 fully saturated rings. The van der Waals surface area contributed by atoms with Crippen molar-refractivity contribution in [1.29, 1.82) is 0 Å². The number of carbonyl (C=O) groups excluding carboxylic acids is 2. The van der Waals surface area contributed by atoms with Crippen molar-refractivity contribution in [3.05, 3.63) is 63.7 Å². The van der Waals surface area contributed by atoms with Gasteiger partial charge in [0.2, 0.25) is 6.29 Å². The Balaban J connectivity index is 1.82. The molecular formula is C24H28N2O4. The highest BCUT2D eigenvalue weighted by Gasteiger charge is 2.43. The van der Waals surface area contributed by atoms with Crippen LogP contribution in [0, 0.1) is 13.8 Å². The number of hydrogen-bond donors (Lipinski definition) is 0. The molecule has 2 heterocycles. The maximum Gasteiger partial charge on any atom is 0.298 e. The largest absolute Gasteiger partial charge is 0.462 e. The zero-order valence-electron chi connectivity index (χ0n) is 18.4. The van der Waals surface area contributed by atoms with E-state index in [1.807, 2.05) is 65.8 Å². The van der Waals surface area contributed by atoms with E-state index in [9.17, 15) is 9.59 Å². The molecule has 1 unspecified atom stereocenters. The fourth-order valence-electron chi connectivity index (χ4n) is 4.30. The van der Waals surface area contributed by atoms with E-state index >= 15 is 0 Å². The van der Waals surface area contributed by atoms with Crippen molar-refractivity contribution in [1.82, 2.24) is 10.2 Å². The summed E-state index contributed by atoms with van der Waals surface area (Å²) < 4.78 is 5.93. The Bertz CT molecular complexity index is 1020. The molecule has 2 aliphatic heterocycles. The topological polar surface area (TPSA) is 59.1 Å².